The number of methoxy groups -OCH3 is 1. The summed E-state index contributed by atoms with van der Waals surface area (Å²) in [5.41, 5.74) is 0.929. The molecule has 0 amide bonds. The van der Waals surface area contributed by atoms with Crippen molar-refractivity contribution >= 4 is 18.5 Å². The third kappa shape index (κ3) is 4.95. The lowest BCUT2D eigenvalue weighted by atomic mass is 10.0. The van der Waals surface area contributed by atoms with E-state index < -0.39 is 14.0 Å². The monoisotopic (exact) mass is 379 g/mol. The van der Waals surface area contributed by atoms with Crippen molar-refractivity contribution in [1.82, 2.24) is 5.32 Å². The van der Waals surface area contributed by atoms with Crippen molar-refractivity contribution in [1.29, 1.82) is 0 Å². The van der Waals surface area contributed by atoms with Gasteiger partial charge in [0.25, 0.3) is 0 Å². The maximum absolute atomic E-state index is 10.7. The molecule has 2 N–H and O–H groups in total. The molecule has 0 radical (unpaired) electrons. The van der Waals surface area contributed by atoms with Crippen LogP contribution in [0.1, 0.15) is 18.6 Å². The summed E-state index contributed by atoms with van der Waals surface area (Å²) in [5.74, 6) is 0.908. The number of para-hydroxylation sites is 1. The number of aliphatic hydroxyl groups is 1. The van der Waals surface area contributed by atoms with Crippen LogP contribution >= 0.6 is 7.92 Å². The Morgan fingerprint density at radius 1 is 0.889 bits per heavy atom. The normalized spacial score (nSPS) is 14.3. The molecule has 0 unspecified atom stereocenters. The lowest BCUT2D eigenvalue weighted by Gasteiger charge is -2.26. The van der Waals surface area contributed by atoms with E-state index in [1.807, 2.05) is 55.5 Å². The van der Waals surface area contributed by atoms with E-state index in [2.05, 4.69) is 41.7 Å². The first kappa shape index (κ1) is 19.6. The summed E-state index contributed by atoms with van der Waals surface area (Å²) in [6.07, 6.45) is 0.224. The Kier molecular flexibility index (Phi) is 7.00. The highest BCUT2D eigenvalue weighted by Gasteiger charge is 2.21. The Hall–Kier alpha value is -2.19. The van der Waals surface area contributed by atoms with Gasteiger partial charge in [-0.2, -0.15) is 0 Å². The Bertz CT molecular complexity index is 826. The molecular weight excluding hydrogens is 353 g/mol. The average molecular weight is 379 g/mol. The van der Waals surface area contributed by atoms with Gasteiger partial charge < -0.3 is 15.2 Å². The second kappa shape index (κ2) is 9.66. The molecule has 0 heterocycles. The van der Waals surface area contributed by atoms with Crippen molar-refractivity contribution in [2.45, 2.75) is 19.1 Å². The molecule has 3 rings (SSSR count). The highest BCUT2D eigenvalue weighted by Crippen LogP contribution is 2.36. The lowest BCUT2D eigenvalue weighted by molar-refractivity contribution is 0.139. The largest absolute Gasteiger partial charge is 0.496 e. The molecule has 3 aromatic carbocycles. The van der Waals surface area contributed by atoms with Gasteiger partial charge in [-0.25, -0.2) is 0 Å². The standard InChI is InChI=1S/C23H26NO2P/c1-18(23(25)19-11-5-3-6-12-19)24-17-27(20-13-7-4-8-14-20)22-16-10-9-15-21(22)26-2/h3-16,18,23-25H,17H2,1-2H3/t18-,23-,27-/m0/s1. The van der Waals surface area contributed by atoms with E-state index in [1.54, 1.807) is 7.11 Å². The van der Waals surface area contributed by atoms with Crippen molar-refractivity contribution in [3.8, 4) is 5.75 Å². The number of benzene rings is 3. The quantitative estimate of drug-likeness (QED) is 0.585. The van der Waals surface area contributed by atoms with Crippen LogP contribution in [0, 0.1) is 0 Å². The maximum Gasteiger partial charge on any atom is 0.126 e. The molecule has 0 saturated heterocycles. The Morgan fingerprint density at radius 3 is 2.15 bits per heavy atom. The first-order valence-electron chi connectivity index (χ1n) is 9.12. The van der Waals surface area contributed by atoms with Gasteiger partial charge in [-0.15, -0.1) is 0 Å². The Balaban J connectivity index is 1.80. The SMILES string of the molecule is COc1ccccc1[P@@](CN[C@@H](C)[C@H](O)c1ccccc1)c1ccccc1. The number of nitrogens with one attached hydrogen (secondary N) is 1. The molecule has 3 nitrogen and oxygen atoms in total. The van der Waals surface area contributed by atoms with E-state index in [1.165, 1.54) is 10.6 Å². The zero-order valence-corrected chi connectivity index (χ0v) is 16.6. The smallest absolute Gasteiger partial charge is 0.126 e. The third-order valence-electron chi connectivity index (χ3n) is 4.63. The van der Waals surface area contributed by atoms with Gasteiger partial charge in [-0.05, 0) is 31.8 Å². The fourth-order valence-electron chi connectivity index (χ4n) is 3.06. The number of rotatable bonds is 8. The van der Waals surface area contributed by atoms with Crippen molar-refractivity contribution in [2.75, 3.05) is 13.4 Å². The van der Waals surface area contributed by atoms with Crippen LogP contribution in [0.15, 0.2) is 84.9 Å². The van der Waals surface area contributed by atoms with Gasteiger partial charge in [0.1, 0.15) is 5.75 Å². The fraction of sp³-hybridized carbons (Fsp3) is 0.217. The van der Waals surface area contributed by atoms with E-state index in [4.69, 9.17) is 4.74 Å². The second-order valence-electron chi connectivity index (χ2n) is 6.44. The number of hydrogen-bond donors (Lipinski definition) is 2. The minimum atomic E-state index is -0.651. The highest BCUT2D eigenvalue weighted by molar-refractivity contribution is 7.73. The molecular formula is C23H26NO2P. The van der Waals surface area contributed by atoms with Gasteiger partial charge in [-0.3, -0.25) is 0 Å². The van der Waals surface area contributed by atoms with Crippen LogP contribution in [0.5, 0.6) is 5.75 Å². The van der Waals surface area contributed by atoms with E-state index in [-0.39, 0.29) is 6.04 Å². The van der Waals surface area contributed by atoms with Gasteiger partial charge >= 0.3 is 0 Å². The zero-order chi connectivity index (χ0) is 19.1. The molecule has 0 aromatic heterocycles. The lowest BCUT2D eigenvalue weighted by Crippen LogP contribution is -2.34. The summed E-state index contributed by atoms with van der Waals surface area (Å²) in [5, 5.41) is 16.7. The maximum atomic E-state index is 10.7. The van der Waals surface area contributed by atoms with Gasteiger partial charge in [0.05, 0.1) is 13.2 Å². The zero-order valence-electron chi connectivity index (χ0n) is 15.7. The molecule has 0 aliphatic rings. The van der Waals surface area contributed by atoms with Gasteiger partial charge in [0.15, 0.2) is 0 Å². The first-order chi connectivity index (χ1) is 13.2. The van der Waals surface area contributed by atoms with Crippen molar-refractivity contribution in [3.05, 3.63) is 90.5 Å². The van der Waals surface area contributed by atoms with Crippen LogP contribution in [0.25, 0.3) is 0 Å². The molecule has 4 heteroatoms. The first-order valence-corrected chi connectivity index (χ1v) is 10.7. The summed E-state index contributed by atoms with van der Waals surface area (Å²) in [6.45, 7) is 2.03. The van der Waals surface area contributed by atoms with Crippen LogP contribution in [-0.2, 0) is 0 Å². The highest BCUT2D eigenvalue weighted by atomic mass is 31.1. The van der Waals surface area contributed by atoms with Crippen LogP contribution in [0.4, 0.5) is 0 Å². The van der Waals surface area contributed by atoms with Crippen LogP contribution in [0.2, 0.25) is 0 Å². The van der Waals surface area contributed by atoms with Gasteiger partial charge in [0, 0.05) is 17.6 Å². The van der Waals surface area contributed by atoms with Gasteiger partial charge in [-0.1, -0.05) is 78.9 Å². The van der Waals surface area contributed by atoms with E-state index in [0.29, 0.717) is 0 Å². The van der Waals surface area contributed by atoms with Gasteiger partial charge in [0.2, 0.25) is 0 Å². The number of hydrogen-bond acceptors (Lipinski definition) is 3. The molecule has 0 fully saturated rings. The molecule has 0 spiro atoms. The second-order valence-corrected chi connectivity index (χ2v) is 8.61. The minimum Gasteiger partial charge on any atom is -0.496 e. The predicted molar refractivity (Wildman–Crippen MR) is 114 cm³/mol. The van der Waals surface area contributed by atoms with E-state index in [9.17, 15) is 5.11 Å². The van der Waals surface area contributed by atoms with E-state index in [0.717, 1.165) is 17.6 Å². The average Bonchev–Trinajstić information content (AvgIpc) is 2.75. The third-order valence-corrected chi connectivity index (χ3v) is 7.00. The molecule has 0 saturated carbocycles. The molecule has 140 valence electrons. The summed E-state index contributed by atoms with van der Waals surface area (Å²) in [4.78, 5) is 0. The molecule has 0 bridgehead atoms. The summed E-state index contributed by atoms with van der Waals surface area (Å²) in [6, 6.07) is 28.4. The molecule has 3 aromatic rings. The number of aliphatic hydroxyl groups excluding tert-OH is 1. The molecule has 27 heavy (non-hydrogen) atoms. The van der Waals surface area contributed by atoms with Crippen LogP contribution in [-0.4, -0.2) is 24.5 Å². The predicted octanol–water partition coefficient (Wildman–Crippen LogP) is 3.80. The fourth-order valence-corrected chi connectivity index (χ4v) is 5.39. The summed E-state index contributed by atoms with van der Waals surface area (Å²) >= 11 is 0. The molecule has 3 atom stereocenters. The Morgan fingerprint density at radius 2 is 1.48 bits per heavy atom. The molecule has 0 aliphatic carbocycles. The van der Waals surface area contributed by atoms with Crippen molar-refractivity contribution in [3.63, 3.8) is 0 Å². The van der Waals surface area contributed by atoms with E-state index >= 15 is 0 Å². The summed E-state index contributed by atoms with van der Waals surface area (Å²) in [7, 11) is 1.06. The summed E-state index contributed by atoms with van der Waals surface area (Å²) < 4.78 is 5.61. The topological polar surface area (TPSA) is 41.5 Å². The Labute approximate surface area is 162 Å². The van der Waals surface area contributed by atoms with Crippen molar-refractivity contribution < 1.29 is 9.84 Å². The van der Waals surface area contributed by atoms with Crippen molar-refractivity contribution in [2.24, 2.45) is 0 Å². The van der Waals surface area contributed by atoms with Crippen LogP contribution in [0.3, 0.4) is 0 Å². The number of ether oxygens (including phenoxy) is 1. The molecule has 0 aliphatic heterocycles. The van der Waals surface area contributed by atoms with Crippen LogP contribution < -0.4 is 20.7 Å². The minimum absolute atomic E-state index is 0.0594.